The summed E-state index contributed by atoms with van der Waals surface area (Å²) in [4.78, 5) is 17.1. The van der Waals surface area contributed by atoms with E-state index in [2.05, 4.69) is 45.8 Å². The third-order valence-corrected chi connectivity index (χ3v) is 5.98. The van der Waals surface area contributed by atoms with E-state index in [0.717, 1.165) is 28.5 Å². The van der Waals surface area contributed by atoms with Crippen LogP contribution in [-0.4, -0.2) is 44.5 Å². The molecule has 0 radical (unpaired) electrons. The molecule has 4 rings (SSSR count). The molecule has 2 aromatic heterocycles. The van der Waals surface area contributed by atoms with Crippen molar-refractivity contribution in [2.45, 2.75) is 33.1 Å². The van der Waals surface area contributed by atoms with E-state index < -0.39 is 0 Å². The van der Waals surface area contributed by atoms with Gasteiger partial charge in [-0.3, -0.25) is 10.1 Å². The van der Waals surface area contributed by atoms with Gasteiger partial charge in [-0.2, -0.15) is 9.36 Å². The highest BCUT2D eigenvalue weighted by Crippen LogP contribution is 2.28. The van der Waals surface area contributed by atoms with Crippen molar-refractivity contribution in [3.8, 4) is 28.7 Å². The highest BCUT2D eigenvalue weighted by molar-refractivity contribution is 7.10. The monoisotopic (exact) mass is 478 g/mol. The van der Waals surface area contributed by atoms with E-state index in [1.165, 1.54) is 0 Å². The zero-order valence-corrected chi connectivity index (χ0v) is 20.7. The van der Waals surface area contributed by atoms with Gasteiger partial charge in [-0.25, -0.2) is 4.68 Å². The maximum atomic E-state index is 12.7. The lowest BCUT2D eigenvalue weighted by Crippen LogP contribution is -2.14. The second kappa shape index (κ2) is 9.22. The van der Waals surface area contributed by atoms with E-state index in [4.69, 9.17) is 9.47 Å². The van der Waals surface area contributed by atoms with Gasteiger partial charge < -0.3 is 9.47 Å². The number of carbonyl (C=O) groups excluding carboxylic acids is 1. The van der Waals surface area contributed by atoms with Gasteiger partial charge in [-0.1, -0.05) is 38.1 Å². The van der Waals surface area contributed by atoms with Crippen LogP contribution in [-0.2, 0) is 5.41 Å². The van der Waals surface area contributed by atoms with Crippen LogP contribution in [0.25, 0.3) is 17.2 Å². The van der Waals surface area contributed by atoms with E-state index >= 15 is 0 Å². The molecule has 0 aliphatic carbocycles. The van der Waals surface area contributed by atoms with Gasteiger partial charge in [0, 0.05) is 35.3 Å². The first kappa shape index (κ1) is 23.4. The molecule has 0 unspecified atom stereocenters. The smallest absolute Gasteiger partial charge is 0.257 e. The number of hydrogen-bond donors (Lipinski definition) is 1. The third-order valence-electron chi connectivity index (χ3n) is 5.35. The molecule has 0 aliphatic rings. The Balaban J connectivity index is 1.54. The average molecular weight is 479 g/mol. The van der Waals surface area contributed by atoms with Crippen LogP contribution >= 0.6 is 11.5 Å². The van der Waals surface area contributed by atoms with Gasteiger partial charge in [0.2, 0.25) is 5.13 Å². The van der Waals surface area contributed by atoms with Crippen LogP contribution in [0.2, 0.25) is 0 Å². The molecule has 1 N–H and O–H groups in total. The molecule has 0 aliphatic heterocycles. The lowest BCUT2D eigenvalue weighted by atomic mass is 9.87. The predicted octanol–water partition coefficient (Wildman–Crippen LogP) is 4.66. The summed E-state index contributed by atoms with van der Waals surface area (Å²) in [5, 5.41) is 11.7. The fourth-order valence-corrected chi connectivity index (χ4v) is 3.92. The summed E-state index contributed by atoms with van der Waals surface area (Å²) < 4.78 is 16.7. The first-order valence-corrected chi connectivity index (χ1v) is 11.4. The zero-order valence-electron chi connectivity index (χ0n) is 19.9. The number of hydrogen-bond acceptors (Lipinski definition) is 8. The normalized spacial score (nSPS) is 11.4. The number of aromatic nitrogens is 5. The number of ether oxygens (including phenoxy) is 2. The molecule has 34 heavy (non-hydrogen) atoms. The van der Waals surface area contributed by atoms with Crippen LogP contribution in [0.5, 0.6) is 11.5 Å². The first-order chi connectivity index (χ1) is 16.2. The van der Waals surface area contributed by atoms with Crippen molar-refractivity contribution in [3.05, 3.63) is 59.3 Å². The Bertz CT molecular complexity index is 1300. The maximum absolute atomic E-state index is 12.7. The summed E-state index contributed by atoms with van der Waals surface area (Å²) in [6.07, 6.45) is 0. The molecule has 9 nitrogen and oxygen atoms in total. The molecule has 0 bridgehead atoms. The highest BCUT2D eigenvalue weighted by atomic mass is 32.1. The number of amides is 1. The lowest BCUT2D eigenvalue weighted by Gasteiger charge is -2.18. The Morgan fingerprint density at radius 2 is 1.68 bits per heavy atom. The Labute approximate surface area is 201 Å². The van der Waals surface area contributed by atoms with Crippen LogP contribution < -0.4 is 14.8 Å². The molecule has 2 aromatic carbocycles. The van der Waals surface area contributed by atoms with Gasteiger partial charge in [-0.05, 0) is 30.0 Å². The van der Waals surface area contributed by atoms with Crippen molar-refractivity contribution in [2.75, 3.05) is 19.5 Å². The zero-order chi connectivity index (χ0) is 24.5. The standard InChI is InChI=1S/C24H26N6O3S/c1-14-20(27-29-30(14)17-11-18(32-5)13-19(12-17)33-6)21-25-23(34-28-21)26-22(31)15-7-9-16(10-8-15)24(2,3)4/h7-13H,1-6H3,(H,25,26,28,31). The van der Waals surface area contributed by atoms with E-state index in [9.17, 15) is 4.79 Å². The maximum Gasteiger partial charge on any atom is 0.257 e. The van der Waals surface area contributed by atoms with E-state index in [1.807, 2.05) is 43.3 Å². The summed E-state index contributed by atoms with van der Waals surface area (Å²) in [6.45, 7) is 8.27. The predicted molar refractivity (Wildman–Crippen MR) is 131 cm³/mol. The van der Waals surface area contributed by atoms with Crippen molar-refractivity contribution < 1.29 is 14.3 Å². The number of nitrogens with zero attached hydrogens (tertiary/aromatic N) is 5. The van der Waals surface area contributed by atoms with Gasteiger partial charge in [-0.15, -0.1) is 5.10 Å². The molecule has 0 saturated heterocycles. The fraction of sp³-hybridized carbons (Fsp3) is 0.292. The second-order valence-corrected chi connectivity index (χ2v) is 9.46. The van der Waals surface area contributed by atoms with Crippen molar-refractivity contribution >= 4 is 22.6 Å². The lowest BCUT2D eigenvalue weighted by molar-refractivity contribution is 0.102. The number of rotatable bonds is 6. The minimum atomic E-state index is -0.244. The van der Waals surface area contributed by atoms with Gasteiger partial charge in [0.25, 0.3) is 5.91 Å². The minimum absolute atomic E-state index is 0.0223. The Morgan fingerprint density at radius 3 is 2.26 bits per heavy atom. The van der Waals surface area contributed by atoms with E-state index in [1.54, 1.807) is 25.0 Å². The van der Waals surface area contributed by atoms with Crippen LogP contribution in [0.1, 0.15) is 42.4 Å². The second-order valence-electron chi connectivity index (χ2n) is 8.71. The first-order valence-electron chi connectivity index (χ1n) is 10.6. The van der Waals surface area contributed by atoms with Gasteiger partial charge in [0.1, 0.15) is 11.5 Å². The molecule has 176 valence electrons. The number of benzene rings is 2. The van der Waals surface area contributed by atoms with Gasteiger partial charge >= 0.3 is 0 Å². The van der Waals surface area contributed by atoms with Gasteiger partial charge in [0.05, 0.1) is 25.6 Å². The number of methoxy groups -OCH3 is 2. The summed E-state index contributed by atoms with van der Waals surface area (Å²) in [6, 6.07) is 13.0. The van der Waals surface area contributed by atoms with Crippen LogP contribution in [0.3, 0.4) is 0 Å². The molecule has 4 aromatic rings. The molecule has 2 heterocycles. The van der Waals surface area contributed by atoms with Crippen LogP contribution in [0.15, 0.2) is 42.5 Å². The summed E-state index contributed by atoms with van der Waals surface area (Å²) in [7, 11) is 3.18. The fourth-order valence-electron chi connectivity index (χ4n) is 3.36. The van der Waals surface area contributed by atoms with Crippen molar-refractivity contribution in [3.63, 3.8) is 0 Å². The summed E-state index contributed by atoms with van der Waals surface area (Å²) in [5.41, 5.74) is 3.73. The highest BCUT2D eigenvalue weighted by Gasteiger charge is 2.19. The Kier molecular flexibility index (Phi) is 6.34. The summed E-state index contributed by atoms with van der Waals surface area (Å²) in [5.74, 6) is 1.42. The topological polar surface area (TPSA) is 104 Å². The molecular formula is C24H26N6O3S. The number of anilines is 1. The SMILES string of the molecule is COc1cc(OC)cc(-n2nnc(-c3nsc(NC(=O)c4ccc(C(C)(C)C)cc4)n3)c2C)c1. The summed E-state index contributed by atoms with van der Waals surface area (Å²) >= 11 is 1.09. The molecule has 10 heteroatoms. The Hall–Kier alpha value is -3.79. The van der Waals surface area contributed by atoms with E-state index in [0.29, 0.717) is 33.7 Å². The molecule has 1 amide bonds. The average Bonchev–Trinajstić information content (AvgIpc) is 3.44. The van der Waals surface area contributed by atoms with E-state index in [-0.39, 0.29) is 11.3 Å². The number of carbonyl (C=O) groups is 1. The van der Waals surface area contributed by atoms with Crippen molar-refractivity contribution in [1.82, 2.24) is 24.4 Å². The Morgan fingerprint density at radius 1 is 1.03 bits per heavy atom. The van der Waals surface area contributed by atoms with Crippen molar-refractivity contribution in [1.29, 1.82) is 0 Å². The van der Waals surface area contributed by atoms with Crippen molar-refractivity contribution in [2.24, 2.45) is 0 Å². The van der Waals surface area contributed by atoms with Crippen LogP contribution in [0, 0.1) is 6.92 Å². The quantitative estimate of drug-likeness (QED) is 0.430. The largest absolute Gasteiger partial charge is 0.497 e. The minimum Gasteiger partial charge on any atom is -0.497 e. The van der Waals surface area contributed by atoms with Gasteiger partial charge in [0.15, 0.2) is 11.5 Å². The molecule has 0 spiro atoms. The molecule has 0 atom stereocenters. The molecule has 0 fully saturated rings. The van der Waals surface area contributed by atoms with Crippen LogP contribution in [0.4, 0.5) is 5.13 Å². The molecular weight excluding hydrogens is 452 g/mol. The number of nitrogens with one attached hydrogen (secondary N) is 1. The third kappa shape index (κ3) is 4.76. The molecule has 0 saturated carbocycles.